The van der Waals surface area contributed by atoms with Crippen LogP contribution in [0.5, 0.6) is 0 Å². The minimum Gasteiger partial charge on any atom is -0.481 e. The number of carbonyl (C=O) groups is 3. The van der Waals surface area contributed by atoms with E-state index in [1.807, 2.05) is 13.8 Å². The minimum atomic E-state index is -3.08. The Morgan fingerprint density at radius 1 is 0.723 bits per heavy atom. The van der Waals surface area contributed by atoms with Gasteiger partial charge in [0, 0.05) is 50.3 Å². The molecule has 7 aliphatic carbocycles. The highest BCUT2D eigenvalue weighted by molar-refractivity contribution is 7.91. The number of esters is 1. The second-order valence-corrected chi connectivity index (χ2v) is 27.1. The van der Waals surface area contributed by atoms with Gasteiger partial charge >= 0.3 is 18.0 Å². The molecule has 0 aromatic carbocycles. The maximum atomic E-state index is 13.7. The van der Waals surface area contributed by atoms with Gasteiger partial charge in [0.05, 0.1) is 43.2 Å². The molecule has 8 fully saturated rings. The molecule has 370 valence electrons. The number of nitrogens with one attached hydrogen (secondary N) is 2. The molecular formula is C51H85N3O10S. The van der Waals surface area contributed by atoms with Crippen molar-refractivity contribution < 1.29 is 46.9 Å². The van der Waals surface area contributed by atoms with Gasteiger partial charge in [-0.3, -0.25) is 14.5 Å². The van der Waals surface area contributed by atoms with Crippen molar-refractivity contribution in [3.63, 3.8) is 0 Å². The summed E-state index contributed by atoms with van der Waals surface area (Å²) in [6, 6.07) is -0.0713. The number of carbonyl (C=O) groups excluding carboxylic acids is 2. The van der Waals surface area contributed by atoms with Crippen LogP contribution in [0.25, 0.3) is 0 Å². The number of sulfone groups is 1. The third-order valence-corrected chi connectivity index (χ3v) is 23.0. The Hall–Kier alpha value is -2.00. The quantitative estimate of drug-likeness (QED) is 0.104. The maximum Gasteiger partial charge on any atom is 0.407 e. The van der Waals surface area contributed by atoms with E-state index in [1.165, 1.54) is 44.9 Å². The number of ether oxygens (including phenoxy) is 4. The summed E-state index contributed by atoms with van der Waals surface area (Å²) in [5.41, 5.74) is 0.0630. The lowest BCUT2D eigenvalue weighted by Crippen LogP contribution is -2.69. The number of nitrogens with zero attached hydrogens (tertiary/aromatic N) is 1. The zero-order valence-electron chi connectivity index (χ0n) is 41.4. The smallest absolute Gasteiger partial charge is 0.407 e. The fourth-order valence-corrected chi connectivity index (χ4v) is 18.1. The van der Waals surface area contributed by atoms with Crippen LogP contribution in [0.15, 0.2) is 0 Å². The summed E-state index contributed by atoms with van der Waals surface area (Å²) in [7, 11) is -1.46. The summed E-state index contributed by atoms with van der Waals surface area (Å²) in [4.78, 5) is 40.8. The highest BCUT2D eigenvalue weighted by atomic mass is 32.2. The number of hydrogen-bond acceptors (Lipinski definition) is 11. The minimum absolute atomic E-state index is 0.00563. The highest BCUT2D eigenvalue weighted by Gasteiger charge is 2.72. The average Bonchev–Trinajstić information content (AvgIpc) is 3.86. The zero-order valence-corrected chi connectivity index (χ0v) is 42.3. The van der Waals surface area contributed by atoms with Crippen molar-refractivity contribution >= 4 is 27.9 Å². The molecule has 1 heterocycles. The van der Waals surface area contributed by atoms with Crippen LogP contribution in [0.3, 0.4) is 0 Å². The largest absolute Gasteiger partial charge is 0.481 e. The fraction of sp³-hybridized carbons (Fsp3) is 0.941. The number of rotatable bonds is 16. The number of hydrogen-bond donors (Lipinski definition) is 3. The topological polar surface area (TPSA) is 170 Å². The predicted octanol–water partition coefficient (Wildman–Crippen LogP) is 7.36. The number of fused-ring (bicyclic) bond motifs is 7. The van der Waals surface area contributed by atoms with Crippen molar-refractivity contribution in [3.8, 4) is 0 Å². The molecule has 13 nitrogen and oxygen atoms in total. The van der Waals surface area contributed by atoms with Crippen molar-refractivity contribution in [3.05, 3.63) is 0 Å². The van der Waals surface area contributed by atoms with Crippen molar-refractivity contribution in [1.82, 2.24) is 15.5 Å². The third kappa shape index (κ3) is 8.61. The average molecular weight is 932 g/mol. The SMILES string of the molecule is COCCOCCOC(=O)NCC(CN[C@]12CC[C@@H](C3(C)CC3)[C@@H]1[C@H]1CC[C@@H]3[C@@]4(C)CC[C@H](OC(=O)[C@H]5C[C@@H](C(=O)O)C5(C)C)C(C)(C)[C@@H]4CC[C@@]3(C)[C@]1(C)CC2)N1CCS(=O)(=O)CC1. The van der Waals surface area contributed by atoms with E-state index in [2.05, 4.69) is 57.1 Å². The summed E-state index contributed by atoms with van der Waals surface area (Å²) in [6.45, 7) is 22.4. The molecule has 7 saturated carbocycles. The van der Waals surface area contributed by atoms with E-state index in [9.17, 15) is 27.9 Å². The van der Waals surface area contributed by atoms with Gasteiger partial charge in [0.1, 0.15) is 12.7 Å². The summed E-state index contributed by atoms with van der Waals surface area (Å²) in [6.07, 6.45) is 13.7. The number of carboxylic acids is 1. The van der Waals surface area contributed by atoms with Gasteiger partial charge in [-0.05, 0) is 140 Å². The second kappa shape index (κ2) is 17.8. The predicted molar refractivity (Wildman–Crippen MR) is 249 cm³/mol. The molecular weight excluding hydrogens is 847 g/mol. The zero-order chi connectivity index (χ0) is 47.0. The van der Waals surface area contributed by atoms with Crippen LogP contribution in [0.4, 0.5) is 4.79 Å². The van der Waals surface area contributed by atoms with Crippen LogP contribution in [0, 0.1) is 73.9 Å². The first kappa shape index (κ1) is 49.4. The first-order chi connectivity index (χ1) is 30.5. The summed E-state index contributed by atoms with van der Waals surface area (Å²) in [5.74, 6) is 1.18. The van der Waals surface area contributed by atoms with Crippen LogP contribution < -0.4 is 10.6 Å². The molecule has 0 radical (unpaired) electrons. The fourth-order valence-electron chi connectivity index (χ4n) is 16.8. The Bertz CT molecular complexity index is 1890. The Morgan fingerprint density at radius 2 is 1.43 bits per heavy atom. The molecule has 1 saturated heterocycles. The van der Waals surface area contributed by atoms with E-state index in [1.54, 1.807) is 7.11 Å². The molecule has 1 aliphatic heterocycles. The van der Waals surface area contributed by atoms with Crippen LogP contribution in [-0.4, -0.2) is 125 Å². The Kier molecular flexibility index (Phi) is 13.5. The van der Waals surface area contributed by atoms with E-state index in [-0.39, 0.29) is 69.3 Å². The molecule has 3 N–H and O–H groups in total. The Balaban J connectivity index is 0.982. The van der Waals surface area contributed by atoms with Gasteiger partial charge in [0.2, 0.25) is 0 Å². The van der Waals surface area contributed by atoms with Gasteiger partial charge in [-0.25, -0.2) is 13.2 Å². The summed E-state index contributed by atoms with van der Waals surface area (Å²) in [5, 5.41) is 17.1. The molecule has 0 aromatic heterocycles. The second-order valence-electron chi connectivity index (χ2n) is 24.8. The van der Waals surface area contributed by atoms with E-state index < -0.39 is 33.2 Å². The lowest BCUT2D eigenvalue weighted by Gasteiger charge is -2.73. The first-order valence-corrected chi connectivity index (χ1v) is 27.4. The monoisotopic (exact) mass is 932 g/mol. The van der Waals surface area contributed by atoms with Gasteiger partial charge in [0.25, 0.3) is 0 Å². The molecule has 0 bridgehead atoms. The standard InChI is InChI=1S/C51H85N3O10S/c1-45(2)36(42(55)56)30-37(45)43(57)64-40-14-15-48(6)38(46(40,3)4)13-16-50(8)39(48)11-10-35-41-34(47(5)18-19-47)12-17-51(41,21-20-49(35,50)7)53-32-33(54-22-28-65(59,60)29-23-54)31-52-44(58)63-27-26-62-25-24-61-9/h33-41,53H,10-32H2,1-9H3,(H,52,58)(H,55,56)/t33?,34-,35-,36+,37-,38+,39-,40+,41-,48+,49-,50-,51+/m1/s1. The Labute approximate surface area is 390 Å². The van der Waals surface area contributed by atoms with E-state index in [0.717, 1.165) is 32.1 Å². The lowest BCUT2D eigenvalue weighted by atomic mass is 9.32. The molecule has 65 heavy (non-hydrogen) atoms. The lowest BCUT2D eigenvalue weighted by molar-refractivity contribution is -0.249. The normalized spacial score (nSPS) is 42.4. The van der Waals surface area contributed by atoms with Crippen LogP contribution in [0.2, 0.25) is 0 Å². The Morgan fingerprint density at radius 3 is 2.09 bits per heavy atom. The van der Waals surface area contributed by atoms with E-state index in [0.29, 0.717) is 87.4 Å². The van der Waals surface area contributed by atoms with Gasteiger partial charge in [0.15, 0.2) is 9.84 Å². The number of alkyl carbamates (subject to hydrolysis) is 1. The molecule has 8 rings (SSSR count). The van der Waals surface area contributed by atoms with Crippen LogP contribution >= 0.6 is 0 Å². The molecule has 1 unspecified atom stereocenters. The molecule has 8 aliphatic rings. The third-order valence-electron chi connectivity index (χ3n) is 21.4. The van der Waals surface area contributed by atoms with Crippen molar-refractivity contribution in [2.45, 2.75) is 157 Å². The maximum absolute atomic E-state index is 13.7. The van der Waals surface area contributed by atoms with Crippen LogP contribution in [0.1, 0.15) is 139 Å². The molecule has 14 heteroatoms. The highest BCUT2D eigenvalue weighted by Crippen LogP contribution is 2.78. The molecule has 13 atom stereocenters. The van der Waals surface area contributed by atoms with Crippen molar-refractivity contribution in [2.24, 2.45) is 73.9 Å². The summed E-state index contributed by atoms with van der Waals surface area (Å²) < 4.78 is 47.5. The summed E-state index contributed by atoms with van der Waals surface area (Å²) >= 11 is 0. The molecule has 0 aromatic rings. The van der Waals surface area contributed by atoms with Gasteiger partial charge in [-0.15, -0.1) is 0 Å². The number of amides is 1. The number of carboxylic acid groups (broad SMARTS) is 1. The van der Waals surface area contributed by atoms with Crippen molar-refractivity contribution in [2.75, 3.05) is 71.2 Å². The molecule has 1 amide bonds. The van der Waals surface area contributed by atoms with Gasteiger partial charge in [-0.2, -0.15) is 0 Å². The van der Waals surface area contributed by atoms with Gasteiger partial charge in [-0.1, -0.05) is 55.4 Å². The van der Waals surface area contributed by atoms with E-state index >= 15 is 0 Å². The molecule has 0 spiro atoms. The number of aliphatic carboxylic acids is 1. The van der Waals surface area contributed by atoms with Gasteiger partial charge < -0.3 is 34.7 Å². The van der Waals surface area contributed by atoms with Crippen molar-refractivity contribution in [1.29, 1.82) is 0 Å². The van der Waals surface area contributed by atoms with E-state index in [4.69, 9.17) is 18.9 Å². The number of methoxy groups -OCH3 is 1. The van der Waals surface area contributed by atoms with Crippen LogP contribution in [-0.2, 0) is 38.4 Å². The first-order valence-electron chi connectivity index (χ1n) is 25.6.